The maximum Gasteiger partial charge on any atom is 0.285 e. The van der Waals surface area contributed by atoms with Crippen molar-refractivity contribution in [3.8, 4) is 0 Å². The van der Waals surface area contributed by atoms with Crippen molar-refractivity contribution in [2.24, 2.45) is 5.73 Å². The van der Waals surface area contributed by atoms with Gasteiger partial charge in [-0.3, -0.25) is 19.2 Å². The molecule has 0 atom stereocenters. The minimum atomic E-state index is -0.554. The number of carbonyl (C=O) groups is 3. The molecule has 2 rings (SSSR count). The first-order valence-corrected chi connectivity index (χ1v) is 5.00. The molecule has 6 nitrogen and oxygen atoms in total. The van der Waals surface area contributed by atoms with Gasteiger partial charge in [0.15, 0.2) is 0 Å². The lowest BCUT2D eigenvalue weighted by molar-refractivity contribution is -0.125. The number of hydrogen-bond acceptors (Lipinski definition) is 4. The van der Waals surface area contributed by atoms with Crippen LogP contribution in [-0.4, -0.2) is 29.4 Å². The first kappa shape index (κ1) is 11.3. The fourth-order valence-electron chi connectivity index (χ4n) is 1.52. The second kappa shape index (κ2) is 4.34. The number of fused-ring (bicyclic) bond motifs is 1. The SMILES string of the molecule is NC(=O)CCON1C(=O)c2ccccc2C1=O. The Bertz CT molecular complexity index is 463. The van der Waals surface area contributed by atoms with Crippen LogP contribution in [0.5, 0.6) is 0 Å². The summed E-state index contributed by atoms with van der Waals surface area (Å²) in [6.45, 7) is -0.0964. The highest BCUT2D eigenvalue weighted by Gasteiger charge is 2.36. The fourth-order valence-corrected chi connectivity index (χ4v) is 1.52. The van der Waals surface area contributed by atoms with E-state index in [0.29, 0.717) is 16.2 Å². The van der Waals surface area contributed by atoms with Crippen LogP contribution in [0.2, 0.25) is 0 Å². The molecule has 88 valence electrons. The summed E-state index contributed by atoms with van der Waals surface area (Å²) in [7, 11) is 0. The zero-order valence-corrected chi connectivity index (χ0v) is 8.88. The molecule has 6 heteroatoms. The Morgan fingerprint density at radius 3 is 2.18 bits per heavy atom. The maximum atomic E-state index is 11.7. The summed E-state index contributed by atoms with van der Waals surface area (Å²) in [4.78, 5) is 39.0. The molecule has 1 heterocycles. The molecule has 0 bridgehead atoms. The van der Waals surface area contributed by atoms with Crippen LogP contribution in [0.3, 0.4) is 0 Å². The Balaban J connectivity index is 2.11. The van der Waals surface area contributed by atoms with Gasteiger partial charge in [-0.15, -0.1) is 5.06 Å². The predicted molar refractivity (Wildman–Crippen MR) is 56.7 cm³/mol. The zero-order chi connectivity index (χ0) is 12.4. The summed E-state index contributed by atoms with van der Waals surface area (Å²) in [6, 6.07) is 6.42. The molecule has 17 heavy (non-hydrogen) atoms. The van der Waals surface area contributed by atoms with Crippen LogP contribution >= 0.6 is 0 Å². The number of hydrogen-bond donors (Lipinski definition) is 1. The molecule has 0 aliphatic carbocycles. The minimum absolute atomic E-state index is 0.0482. The van der Waals surface area contributed by atoms with Gasteiger partial charge in [-0.25, -0.2) is 0 Å². The summed E-state index contributed by atoms with van der Waals surface area (Å²) >= 11 is 0. The van der Waals surface area contributed by atoms with Crippen LogP contribution < -0.4 is 5.73 Å². The van der Waals surface area contributed by atoms with Crippen molar-refractivity contribution < 1.29 is 19.2 Å². The van der Waals surface area contributed by atoms with E-state index in [-0.39, 0.29) is 13.0 Å². The average molecular weight is 234 g/mol. The van der Waals surface area contributed by atoms with Gasteiger partial charge < -0.3 is 5.73 Å². The van der Waals surface area contributed by atoms with Crippen molar-refractivity contribution >= 4 is 17.7 Å². The van der Waals surface area contributed by atoms with E-state index in [0.717, 1.165) is 0 Å². The van der Waals surface area contributed by atoms with E-state index < -0.39 is 17.7 Å². The van der Waals surface area contributed by atoms with Crippen molar-refractivity contribution in [3.63, 3.8) is 0 Å². The molecule has 1 aromatic carbocycles. The summed E-state index contributed by atoms with van der Waals surface area (Å²) < 4.78 is 0. The van der Waals surface area contributed by atoms with E-state index in [2.05, 4.69) is 0 Å². The van der Waals surface area contributed by atoms with E-state index in [9.17, 15) is 14.4 Å². The molecule has 0 saturated heterocycles. The second-order valence-electron chi connectivity index (χ2n) is 3.50. The third-order valence-electron chi connectivity index (χ3n) is 2.33. The predicted octanol–water partition coefficient (Wildman–Crippen LogP) is 0.0896. The Labute approximate surface area is 96.9 Å². The monoisotopic (exact) mass is 234 g/mol. The molecule has 3 amide bonds. The van der Waals surface area contributed by atoms with Gasteiger partial charge in [0.1, 0.15) is 0 Å². The molecular weight excluding hydrogens is 224 g/mol. The van der Waals surface area contributed by atoms with E-state index in [4.69, 9.17) is 10.6 Å². The lowest BCUT2D eigenvalue weighted by Crippen LogP contribution is -2.31. The van der Waals surface area contributed by atoms with Crippen LogP contribution in [0.25, 0.3) is 0 Å². The number of hydroxylamine groups is 2. The van der Waals surface area contributed by atoms with Crippen LogP contribution in [0.15, 0.2) is 24.3 Å². The van der Waals surface area contributed by atoms with Crippen molar-refractivity contribution in [2.75, 3.05) is 6.61 Å². The molecule has 0 radical (unpaired) electrons. The molecule has 1 aliphatic rings. The third kappa shape index (κ3) is 2.02. The largest absolute Gasteiger partial charge is 0.370 e. The van der Waals surface area contributed by atoms with Gasteiger partial charge in [0.05, 0.1) is 24.2 Å². The van der Waals surface area contributed by atoms with Gasteiger partial charge in [0, 0.05) is 0 Å². The van der Waals surface area contributed by atoms with E-state index in [1.807, 2.05) is 0 Å². The number of primary amides is 1. The van der Waals surface area contributed by atoms with Crippen LogP contribution in [-0.2, 0) is 9.63 Å². The summed E-state index contributed by atoms with van der Waals surface area (Å²) in [5, 5.41) is 0.660. The highest BCUT2D eigenvalue weighted by atomic mass is 16.7. The molecule has 1 aliphatic heterocycles. The molecular formula is C11H10N2O4. The van der Waals surface area contributed by atoms with E-state index in [1.165, 1.54) is 0 Å². The molecule has 0 fully saturated rings. The first-order chi connectivity index (χ1) is 8.11. The summed E-state index contributed by atoms with van der Waals surface area (Å²) in [6.07, 6.45) is -0.0482. The number of carbonyl (C=O) groups excluding carboxylic acids is 3. The van der Waals surface area contributed by atoms with E-state index in [1.54, 1.807) is 24.3 Å². The number of benzene rings is 1. The van der Waals surface area contributed by atoms with Gasteiger partial charge in [-0.05, 0) is 12.1 Å². The fraction of sp³-hybridized carbons (Fsp3) is 0.182. The zero-order valence-electron chi connectivity index (χ0n) is 8.88. The average Bonchev–Trinajstić information content (AvgIpc) is 2.54. The normalized spacial score (nSPS) is 14.0. The lowest BCUT2D eigenvalue weighted by atomic mass is 10.1. The number of amides is 3. The molecule has 1 aromatic rings. The number of rotatable bonds is 4. The van der Waals surface area contributed by atoms with Gasteiger partial charge in [0.2, 0.25) is 5.91 Å². The minimum Gasteiger partial charge on any atom is -0.370 e. The topological polar surface area (TPSA) is 89.7 Å². The van der Waals surface area contributed by atoms with Gasteiger partial charge in [-0.2, -0.15) is 0 Å². The third-order valence-corrected chi connectivity index (χ3v) is 2.33. The Hall–Kier alpha value is -2.21. The van der Waals surface area contributed by atoms with Crippen LogP contribution in [0.1, 0.15) is 27.1 Å². The van der Waals surface area contributed by atoms with Crippen molar-refractivity contribution in [2.45, 2.75) is 6.42 Å². The Morgan fingerprint density at radius 1 is 1.18 bits per heavy atom. The van der Waals surface area contributed by atoms with Crippen molar-refractivity contribution in [3.05, 3.63) is 35.4 Å². The Morgan fingerprint density at radius 2 is 1.71 bits per heavy atom. The number of nitrogens with two attached hydrogens (primary N) is 1. The lowest BCUT2D eigenvalue weighted by Gasteiger charge is -2.12. The highest BCUT2D eigenvalue weighted by molar-refractivity contribution is 6.20. The molecule has 0 saturated carbocycles. The van der Waals surface area contributed by atoms with Crippen molar-refractivity contribution in [1.29, 1.82) is 0 Å². The van der Waals surface area contributed by atoms with Crippen molar-refractivity contribution in [1.82, 2.24) is 5.06 Å². The second-order valence-corrected chi connectivity index (χ2v) is 3.50. The maximum absolute atomic E-state index is 11.7. The summed E-state index contributed by atoms with van der Waals surface area (Å²) in [5.74, 6) is -1.59. The number of nitrogens with zero attached hydrogens (tertiary/aromatic N) is 1. The summed E-state index contributed by atoms with van der Waals surface area (Å²) in [5.41, 5.74) is 5.53. The van der Waals surface area contributed by atoms with Gasteiger partial charge in [0.25, 0.3) is 11.8 Å². The van der Waals surface area contributed by atoms with Crippen LogP contribution in [0.4, 0.5) is 0 Å². The quantitative estimate of drug-likeness (QED) is 0.747. The molecule has 0 spiro atoms. The molecule has 2 N–H and O–H groups in total. The van der Waals surface area contributed by atoms with Gasteiger partial charge >= 0.3 is 0 Å². The standard InChI is InChI=1S/C11H10N2O4/c12-9(14)5-6-17-13-10(15)7-3-1-2-4-8(7)11(13)16/h1-4H,5-6H2,(H2,12,14). The van der Waals surface area contributed by atoms with E-state index >= 15 is 0 Å². The highest BCUT2D eigenvalue weighted by Crippen LogP contribution is 2.22. The smallest absolute Gasteiger partial charge is 0.285 e. The first-order valence-electron chi connectivity index (χ1n) is 5.00. The number of imide groups is 1. The molecule has 0 aromatic heterocycles. The van der Waals surface area contributed by atoms with Crippen LogP contribution in [0, 0.1) is 0 Å². The van der Waals surface area contributed by atoms with Gasteiger partial charge in [-0.1, -0.05) is 12.1 Å². The Kier molecular flexibility index (Phi) is 2.88. The molecule has 0 unspecified atom stereocenters.